The molecule has 0 radical (unpaired) electrons. The molecule has 0 aromatic carbocycles. The van der Waals surface area contributed by atoms with E-state index in [2.05, 4.69) is 0 Å². The van der Waals surface area contributed by atoms with Crippen LogP contribution in [0, 0.1) is 5.92 Å². The van der Waals surface area contributed by atoms with Crippen molar-refractivity contribution in [2.75, 3.05) is 0 Å². The van der Waals surface area contributed by atoms with Crippen molar-refractivity contribution >= 4 is 0 Å². The molecule has 3 heteroatoms. The van der Waals surface area contributed by atoms with Crippen molar-refractivity contribution in [2.24, 2.45) is 17.4 Å². The Balaban J connectivity index is 2.20. The molecule has 12 heavy (non-hydrogen) atoms. The van der Waals surface area contributed by atoms with Crippen LogP contribution in [0.1, 0.15) is 38.5 Å². The third-order valence-corrected chi connectivity index (χ3v) is 2.77. The van der Waals surface area contributed by atoms with Crippen molar-refractivity contribution in [3.63, 3.8) is 0 Å². The molecule has 3 nitrogen and oxygen atoms in total. The van der Waals surface area contributed by atoms with Crippen LogP contribution in [-0.2, 0) is 0 Å². The second-order valence-electron chi connectivity index (χ2n) is 3.89. The lowest BCUT2D eigenvalue weighted by Gasteiger charge is -2.25. The van der Waals surface area contributed by atoms with E-state index in [-0.39, 0.29) is 6.04 Å². The second kappa shape index (κ2) is 4.80. The van der Waals surface area contributed by atoms with Crippen molar-refractivity contribution in [1.29, 1.82) is 0 Å². The molecule has 72 valence electrons. The molecule has 0 aromatic rings. The first-order chi connectivity index (χ1) is 5.70. The standard InChI is InChI=1S/C9H20N2O/c10-8(9(11)12)6-7-4-2-1-3-5-7/h7-9,12H,1-6,10-11H2/t8-,9?/m0/s1. The van der Waals surface area contributed by atoms with Crippen LogP contribution in [0.4, 0.5) is 0 Å². The van der Waals surface area contributed by atoms with Crippen LogP contribution in [0.2, 0.25) is 0 Å². The molecule has 1 aliphatic rings. The normalized spacial score (nSPS) is 25.2. The molecule has 1 saturated carbocycles. The number of aliphatic hydroxyl groups is 1. The summed E-state index contributed by atoms with van der Waals surface area (Å²) in [6, 6.07) is -0.229. The smallest absolute Gasteiger partial charge is 0.117 e. The zero-order valence-electron chi connectivity index (χ0n) is 7.58. The van der Waals surface area contributed by atoms with Crippen LogP contribution in [-0.4, -0.2) is 17.4 Å². The quantitative estimate of drug-likeness (QED) is 0.545. The van der Waals surface area contributed by atoms with Gasteiger partial charge in [-0.25, -0.2) is 0 Å². The van der Waals surface area contributed by atoms with Crippen molar-refractivity contribution < 1.29 is 5.11 Å². The third kappa shape index (κ3) is 3.09. The van der Waals surface area contributed by atoms with Crippen LogP contribution in [0.3, 0.4) is 0 Å². The van der Waals surface area contributed by atoms with Gasteiger partial charge >= 0.3 is 0 Å². The van der Waals surface area contributed by atoms with Gasteiger partial charge in [0, 0.05) is 6.04 Å². The summed E-state index contributed by atoms with van der Waals surface area (Å²) in [5, 5.41) is 9.00. The van der Waals surface area contributed by atoms with E-state index in [1.165, 1.54) is 32.1 Å². The van der Waals surface area contributed by atoms with Gasteiger partial charge in [-0.3, -0.25) is 0 Å². The van der Waals surface area contributed by atoms with Crippen LogP contribution >= 0.6 is 0 Å². The predicted molar refractivity (Wildman–Crippen MR) is 49.4 cm³/mol. The third-order valence-electron chi connectivity index (χ3n) is 2.77. The Morgan fingerprint density at radius 2 is 1.75 bits per heavy atom. The Morgan fingerprint density at radius 1 is 1.17 bits per heavy atom. The number of hydrogen-bond acceptors (Lipinski definition) is 3. The Labute approximate surface area is 74.1 Å². The average Bonchev–Trinajstić information content (AvgIpc) is 2.06. The first kappa shape index (κ1) is 9.96. The Bertz CT molecular complexity index is 122. The van der Waals surface area contributed by atoms with E-state index in [4.69, 9.17) is 16.6 Å². The molecule has 0 amide bonds. The summed E-state index contributed by atoms with van der Waals surface area (Å²) in [4.78, 5) is 0. The zero-order chi connectivity index (χ0) is 8.97. The molecule has 0 aromatic heterocycles. The Kier molecular flexibility index (Phi) is 3.98. The molecular formula is C9H20N2O. The summed E-state index contributed by atoms with van der Waals surface area (Å²) in [6.07, 6.45) is 6.57. The van der Waals surface area contributed by atoms with Crippen molar-refractivity contribution in [2.45, 2.75) is 50.8 Å². The predicted octanol–water partition coefficient (Wildman–Crippen LogP) is 0.561. The molecule has 0 bridgehead atoms. The highest BCUT2D eigenvalue weighted by Crippen LogP contribution is 2.27. The fourth-order valence-corrected chi connectivity index (χ4v) is 1.95. The molecule has 1 unspecified atom stereocenters. The summed E-state index contributed by atoms with van der Waals surface area (Å²) >= 11 is 0. The van der Waals surface area contributed by atoms with Gasteiger partial charge in [-0.05, 0) is 12.3 Å². The van der Waals surface area contributed by atoms with E-state index in [1.54, 1.807) is 0 Å². The lowest BCUT2D eigenvalue weighted by molar-refractivity contribution is 0.132. The highest BCUT2D eigenvalue weighted by molar-refractivity contribution is 4.74. The molecule has 0 saturated heterocycles. The first-order valence-electron chi connectivity index (χ1n) is 4.89. The van der Waals surface area contributed by atoms with E-state index in [1.807, 2.05) is 0 Å². The van der Waals surface area contributed by atoms with Gasteiger partial charge in [0.05, 0.1) is 0 Å². The summed E-state index contributed by atoms with van der Waals surface area (Å²) in [6.45, 7) is 0. The van der Waals surface area contributed by atoms with Gasteiger partial charge < -0.3 is 16.6 Å². The molecule has 0 heterocycles. The Hall–Kier alpha value is -0.120. The fourth-order valence-electron chi connectivity index (χ4n) is 1.95. The van der Waals surface area contributed by atoms with Crippen molar-refractivity contribution in [1.82, 2.24) is 0 Å². The molecule has 0 spiro atoms. The maximum absolute atomic E-state index is 9.00. The van der Waals surface area contributed by atoms with Gasteiger partial charge in [-0.2, -0.15) is 0 Å². The molecule has 5 N–H and O–H groups in total. The number of hydrogen-bond donors (Lipinski definition) is 3. The topological polar surface area (TPSA) is 72.3 Å². The fraction of sp³-hybridized carbons (Fsp3) is 1.00. The molecule has 1 fully saturated rings. The second-order valence-corrected chi connectivity index (χ2v) is 3.89. The van der Waals surface area contributed by atoms with Gasteiger partial charge in [0.15, 0.2) is 0 Å². The summed E-state index contributed by atoms with van der Waals surface area (Å²) in [5.74, 6) is 0.701. The lowest BCUT2D eigenvalue weighted by atomic mass is 9.85. The van der Waals surface area contributed by atoms with Crippen LogP contribution < -0.4 is 11.5 Å². The summed E-state index contributed by atoms with van der Waals surface area (Å²) in [5.41, 5.74) is 11.0. The largest absolute Gasteiger partial charge is 0.377 e. The van der Waals surface area contributed by atoms with E-state index >= 15 is 0 Å². The minimum atomic E-state index is -0.841. The average molecular weight is 172 g/mol. The Morgan fingerprint density at radius 3 is 2.25 bits per heavy atom. The van der Waals surface area contributed by atoms with E-state index in [9.17, 15) is 0 Å². The maximum Gasteiger partial charge on any atom is 0.117 e. The minimum absolute atomic E-state index is 0.229. The zero-order valence-corrected chi connectivity index (χ0v) is 7.58. The van der Waals surface area contributed by atoms with Crippen molar-refractivity contribution in [3.8, 4) is 0 Å². The number of aliphatic hydroxyl groups excluding tert-OH is 1. The first-order valence-corrected chi connectivity index (χ1v) is 4.89. The summed E-state index contributed by atoms with van der Waals surface area (Å²) < 4.78 is 0. The van der Waals surface area contributed by atoms with Crippen LogP contribution in [0.25, 0.3) is 0 Å². The van der Waals surface area contributed by atoms with Crippen LogP contribution in [0.5, 0.6) is 0 Å². The van der Waals surface area contributed by atoms with E-state index in [0.717, 1.165) is 6.42 Å². The van der Waals surface area contributed by atoms with Gasteiger partial charge in [0.25, 0.3) is 0 Å². The monoisotopic (exact) mass is 172 g/mol. The van der Waals surface area contributed by atoms with Crippen molar-refractivity contribution in [3.05, 3.63) is 0 Å². The van der Waals surface area contributed by atoms with E-state index < -0.39 is 6.23 Å². The van der Waals surface area contributed by atoms with Gasteiger partial charge in [-0.1, -0.05) is 32.1 Å². The molecular weight excluding hydrogens is 152 g/mol. The number of rotatable bonds is 3. The van der Waals surface area contributed by atoms with Gasteiger partial charge in [0.2, 0.25) is 0 Å². The highest BCUT2D eigenvalue weighted by Gasteiger charge is 2.19. The molecule has 0 aliphatic heterocycles. The molecule has 1 rings (SSSR count). The molecule has 2 atom stereocenters. The molecule has 1 aliphatic carbocycles. The number of nitrogens with two attached hydrogens (primary N) is 2. The van der Waals surface area contributed by atoms with E-state index in [0.29, 0.717) is 5.92 Å². The summed E-state index contributed by atoms with van der Waals surface area (Å²) in [7, 11) is 0. The SMILES string of the molecule is NC(O)[C@@H](N)CC1CCCCC1. The lowest BCUT2D eigenvalue weighted by Crippen LogP contribution is -2.42. The minimum Gasteiger partial charge on any atom is -0.377 e. The van der Waals surface area contributed by atoms with Crippen LogP contribution in [0.15, 0.2) is 0 Å². The highest BCUT2D eigenvalue weighted by atomic mass is 16.3. The van der Waals surface area contributed by atoms with Gasteiger partial charge in [0.1, 0.15) is 6.23 Å². The maximum atomic E-state index is 9.00. The van der Waals surface area contributed by atoms with Gasteiger partial charge in [-0.15, -0.1) is 0 Å².